The Hall–Kier alpha value is -4.01. The molecule has 0 spiro atoms. The van der Waals surface area contributed by atoms with Crippen LogP contribution in [0.4, 0.5) is 11.5 Å². The highest BCUT2D eigenvalue weighted by Gasteiger charge is 2.16. The molecule has 2 N–H and O–H groups in total. The molecule has 0 radical (unpaired) electrons. The number of ether oxygens (including phenoxy) is 1. The van der Waals surface area contributed by atoms with Crippen molar-refractivity contribution in [3.05, 3.63) is 65.6 Å². The van der Waals surface area contributed by atoms with E-state index in [1.165, 1.54) is 0 Å². The summed E-state index contributed by atoms with van der Waals surface area (Å²) in [4.78, 5) is 26.1. The topological polar surface area (TPSA) is 107 Å². The number of nitrogens with zero attached hydrogens (tertiary/aromatic N) is 5. The Morgan fingerprint density at radius 3 is 3.03 bits per heavy atom. The molecule has 0 aliphatic carbocycles. The molecule has 1 aliphatic heterocycles. The molecule has 4 aromatic rings. The summed E-state index contributed by atoms with van der Waals surface area (Å²) in [5, 5.41) is 10.8. The Morgan fingerprint density at radius 1 is 1.24 bits per heavy atom. The SMILES string of the molecule is CCn1cc2ncc(N[C@@H](C)c3cccc(NC(=O)c4cnc5c(c4)CCCO5)c3)nc2n1. The lowest BCUT2D eigenvalue weighted by atomic mass is 10.1. The molecule has 5 rings (SSSR count). The third-order valence-electron chi connectivity index (χ3n) is 5.63. The van der Waals surface area contributed by atoms with Gasteiger partial charge in [0.1, 0.15) is 11.3 Å². The predicted octanol–water partition coefficient (Wildman–Crippen LogP) is 3.99. The number of hydrogen-bond acceptors (Lipinski definition) is 7. The Balaban J connectivity index is 1.29. The van der Waals surface area contributed by atoms with E-state index in [1.807, 2.05) is 55.1 Å². The number of hydrogen-bond donors (Lipinski definition) is 2. The lowest BCUT2D eigenvalue weighted by Crippen LogP contribution is -2.16. The number of anilines is 2. The molecule has 1 aliphatic rings. The van der Waals surface area contributed by atoms with Gasteiger partial charge in [-0.1, -0.05) is 12.1 Å². The number of carbonyl (C=O) groups excluding carboxylic acids is 1. The molecule has 0 unspecified atom stereocenters. The van der Waals surface area contributed by atoms with Gasteiger partial charge in [-0.2, -0.15) is 5.10 Å². The van der Waals surface area contributed by atoms with Crippen LogP contribution in [-0.2, 0) is 13.0 Å². The van der Waals surface area contributed by atoms with Crippen molar-refractivity contribution in [2.24, 2.45) is 0 Å². The molecule has 1 aromatic carbocycles. The average Bonchev–Trinajstić information content (AvgIpc) is 3.26. The highest BCUT2D eigenvalue weighted by atomic mass is 16.5. The van der Waals surface area contributed by atoms with E-state index in [1.54, 1.807) is 12.4 Å². The zero-order valence-electron chi connectivity index (χ0n) is 18.6. The van der Waals surface area contributed by atoms with Crippen molar-refractivity contribution in [1.82, 2.24) is 24.7 Å². The van der Waals surface area contributed by atoms with Gasteiger partial charge in [0.2, 0.25) is 11.5 Å². The summed E-state index contributed by atoms with van der Waals surface area (Å²) >= 11 is 0. The molecular formula is C24H25N7O2. The first-order valence-electron chi connectivity index (χ1n) is 11.1. The van der Waals surface area contributed by atoms with Gasteiger partial charge in [0, 0.05) is 24.0 Å². The van der Waals surface area contributed by atoms with Crippen LogP contribution in [0.25, 0.3) is 11.2 Å². The van der Waals surface area contributed by atoms with Gasteiger partial charge in [0.15, 0.2) is 0 Å². The molecule has 0 fully saturated rings. The second-order valence-corrected chi connectivity index (χ2v) is 8.03. The first-order chi connectivity index (χ1) is 16.1. The van der Waals surface area contributed by atoms with Gasteiger partial charge in [0.25, 0.3) is 5.91 Å². The van der Waals surface area contributed by atoms with E-state index in [9.17, 15) is 4.79 Å². The zero-order chi connectivity index (χ0) is 22.8. The van der Waals surface area contributed by atoms with Crippen molar-refractivity contribution >= 4 is 28.6 Å². The van der Waals surface area contributed by atoms with Crippen molar-refractivity contribution in [3.8, 4) is 5.88 Å². The summed E-state index contributed by atoms with van der Waals surface area (Å²) < 4.78 is 7.35. The van der Waals surface area contributed by atoms with Gasteiger partial charge in [-0.3, -0.25) is 9.48 Å². The van der Waals surface area contributed by atoms with Crippen LogP contribution in [0, 0.1) is 0 Å². The molecule has 1 atom stereocenters. The summed E-state index contributed by atoms with van der Waals surface area (Å²) in [6.45, 7) is 5.50. The van der Waals surface area contributed by atoms with Crippen LogP contribution in [0.3, 0.4) is 0 Å². The molecule has 168 valence electrons. The lowest BCUT2D eigenvalue weighted by Gasteiger charge is -2.17. The van der Waals surface area contributed by atoms with Crippen LogP contribution in [0.15, 0.2) is 48.9 Å². The number of aromatic nitrogens is 5. The number of benzene rings is 1. The second-order valence-electron chi connectivity index (χ2n) is 8.03. The van der Waals surface area contributed by atoms with Gasteiger partial charge >= 0.3 is 0 Å². The second kappa shape index (κ2) is 8.85. The summed E-state index contributed by atoms with van der Waals surface area (Å²) in [6, 6.07) is 9.54. The van der Waals surface area contributed by atoms with Gasteiger partial charge in [-0.15, -0.1) is 0 Å². The smallest absolute Gasteiger partial charge is 0.257 e. The third-order valence-corrected chi connectivity index (χ3v) is 5.63. The van der Waals surface area contributed by atoms with E-state index in [0.717, 1.165) is 36.0 Å². The van der Waals surface area contributed by atoms with E-state index in [0.29, 0.717) is 35.2 Å². The van der Waals surface area contributed by atoms with Gasteiger partial charge < -0.3 is 15.4 Å². The van der Waals surface area contributed by atoms with E-state index in [4.69, 9.17) is 4.74 Å². The van der Waals surface area contributed by atoms with E-state index in [-0.39, 0.29) is 11.9 Å². The quantitative estimate of drug-likeness (QED) is 0.464. The Morgan fingerprint density at radius 2 is 2.15 bits per heavy atom. The number of pyridine rings is 1. The van der Waals surface area contributed by atoms with Crippen LogP contribution in [0.5, 0.6) is 5.88 Å². The number of rotatable bonds is 6. The molecule has 0 saturated heterocycles. The van der Waals surface area contributed by atoms with Gasteiger partial charge in [-0.25, -0.2) is 15.0 Å². The molecule has 0 bridgehead atoms. The maximum Gasteiger partial charge on any atom is 0.257 e. The van der Waals surface area contributed by atoms with E-state index in [2.05, 4.69) is 30.7 Å². The largest absolute Gasteiger partial charge is 0.477 e. The van der Waals surface area contributed by atoms with E-state index < -0.39 is 0 Å². The molecule has 0 saturated carbocycles. The van der Waals surface area contributed by atoms with Crippen LogP contribution >= 0.6 is 0 Å². The van der Waals surface area contributed by atoms with Crippen molar-refractivity contribution < 1.29 is 9.53 Å². The fourth-order valence-corrected chi connectivity index (χ4v) is 3.83. The molecule has 3 aromatic heterocycles. The van der Waals surface area contributed by atoms with Crippen LogP contribution < -0.4 is 15.4 Å². The summed E-state index contributed by atoms with van der Waals surface area (Å²) in [7, 11) is 0. The number of carbonyl (C=O) groups is 1. The van der Waals surface area contributed by atoms with Gasteiger partial charge in [-0.05, 0) is 50.5 Å². The minimum absolute atomic E-state index is 0.0515. The minimum Gasteiger partial charge on any atom is -0.477 e. The maximum absolute atomic E-state index is 12.8. The fourth-order valence-electron chi connectivity index (χ4n) is 3.83. The van der Waals surface area contributed by atoms with Crippen LogP contribution in [-0.4, -0.2) is 37.2 Å². The lowest BCUT2D eigenvalue weighted by molar-refractivity contribution is 0.102. The highest BCUT2D eigenvalue weighted by molar-refractivity contribution is 6.04. The Bertz CT molecular complexity index is 1320. The summed E-state index contributed by atoms with van der Waals surface area (Å²) in [6.07, 6.45) is 6.95. The first-order valence-corrected chi connectivity index (χ1v) is 11.1. The maximum atomic E-state index is 12.8. The van der Waals surface area contributed by atoms with Crippen LogP contribution in [0.1, 0.15) is 47.8 Å². The fraction of sp³-hybridized carbons (Fsp3) is 0.292. The standard InChI is InChI=1S/C24H25N7O2/c1-3-31-14-20-22(30-31)29-21(13-25-20)27-15(2)16-6-4-8-19(11-16)28-23(32)18-10-17-7-5-9-33-24(17)26-12-18/h4,6,8,10-15H,3,5,7,9H2,1-2H3,(H,28,32)(H,27,29,30)/t15-/m0/s1. The molecule has 9 nitrogen and oxygen atoms in total. The molecule has 9 heteroatoms. The van der Waals surface area contributed by atoms with Crippen molar-refractivity contribution in [2.75, 3.05) is 17.2 Å². The van der Waals surface area contributed by atoms with Crippen molar-refractivity contribution in [2.45, 2.75) is 39.3 Å². The molecule has 1 amide bonds. The number of aryl methyl sites for hydroxylation is 2. The molecule has 33 heavy (non-hydrogen) atoms. The summed E-state index contributed by atoms with van der Waals surface area (Å²) in [5.41, 5.74) is 4.59. The average molecular weight is 444 g/mol. The van der Waals surface area contributed by atoms with Crippen molar-refractivity contribution in [3.63, 3.8) is 0 Å². The number of amides is 1. The number of fused-ring (bicyclic) bond motifs is 2. The van der Waals surface area contributed by atoms with Crippen molar-refractivity contribution in [1.29, 1.82) is 0 Å². The normalized spacial score (nSPS) is 13.8. The first kappa shape index (κ1) is 20.9. The zero-order valence-corrected chi connectivity index (χ0v) is 18.6. The van der Waals surface area contributed by atoms with Gasteiger partial charge in [0.05, 0.1) is 30.6 Å². The third kappa shape index (κ3) is 4.48. The monoisotopic (exact) mass is 443 g/mol. The summed E-state index contributed by atoms with van der Waals surface area (Å²) in [5.74, 6) is 1.08. The minimum atomic E-state index is -0.198. The Kier molecular flexibility index (Phi) is 5.60. The van der Waals surface area contributed by atoms with E-state index >= 15 is 0 Å². The van der Waals surface area contributed by atoms with Crippen LogP contribution in [0.2, 0.25) is 0 Å². The highest BCUT2D eigenvalue weighted by Crippen LogP contribution is 2.24. The molecule has 4 heterocycles. The predicted molar refractivity (Wildman–Crippen MR) is 125 cm³/mol. The number of nitrogens with one attached hydrogen (secondary N) is 2. The molecular weight excluding hydrogens is 418 g/mol. The Labute approximate surface area is 191 Å².